The van der Waals surface area contributed by atoms with Crippen molar-refractivity contribution in [2.24, 2.45) is 17.8 Å². The Bertz CT molecular complexity index is 1330. The lowest BCUT2D eigenvalue weighted by molar-refractivity contribution is -0.332. The Hall–Kier alpha value is -1.78. The Balaban J connectivity index is 1.56. The van der Waals surface area contributed by atoms with E-state index in [2.05, 4.69) is 29.0 Å². The fourth-order valence-corrected chi connectivity index (χ4v) is 9.32. The van der Waals surface area contributed by atoms with Gasteiger partial charge in [0.1, 0.15) is 23.9 Å². The van der Waals surface area contributed by atoms with E-state index in [9.17, 15) is 20.1 Å². The summed E-state index contributed by atoms with van der Waals surface area (Å²) >= 11 is 0. The smallest absolute Gasteiger partial charge is 0.311 e. The Morgan fingerprint density at radius 2 is 1.79 bits per heavy atom. The zero-order chi connectivity index (χ0) is 38.9. The third-order valence-corrected chi connectivity index (χ3v) is 12.4. The summed E-state index contributed by atoms with van der Waals surface area (Å²) in [6.45, 7) is 17.8. The van der Waals surface area contributed by atoms with Crippen molar-refractivity contribution in [3.8, 4) is 0 Å². The second-order valence-corrected chi connectivity index (χ2v) is 17.3. The van der Waals surface area contributed by atoms with Gasteiger partial charge in [-0.15, -0.1) is 0 Å². The molecule has 0 radical (unpaired) electrons. The number of esters is 1. The Kier molecular flexibility index (Phi) is 13.7. The summed E-state index contributed by atoms with van der Waals surface area (Å²) in [4.78, 5) is 23.1. The number of carbonyl (C=O) groups excluding carboxylic acids is 1. The van der Waals surface area contributed by atoms with E-state index in [0.717, 1.165) is 5.69 Å². The van der Waals surface area contributed by atoms with Gasteiger partial charge in [-0.2, -0.15) is 0 Å². The molecule has 4 aliphatic rings. The summed E-state index contributed by atoms with van der Waals surface area (Å²) in [5, 5.41) is 38.1. The molecule has 5 heterocycles. The molecule has 13 nitrogen and oxygen atoms in total. The Morgan fingerprint density at radius 3 is 2.42 bits per heavy atom. The van der Waals surface area contributed by atoms with Gasteiger partial charge in [0.2, 0.25) is 0 Å². The van der Waals surface area contributed by atoms with Gasteiger partial charge in [-0.1, -0.05) is 26.8 Å². The molecule has 53 heavy (non-hydrogen) atoms. The maximum atomic E-state index is 14.2. The number of aliphatic hydroxyl groups excluding tert-OH is 2. The average Bonchev–Trinajstić information content (AvgIpc) is 3.19. The third-order valence-electron chi connectivity index (χ3n) is 12.4. The fourth-order valence-electron chi connectivity index (χ4n) is 9.32. The number of ether oxygens (including phenoxy) is 5. The number of aromatic nitrogens is 1. The minimum Gasteiger partial charge on any atom is -0.459 e. The van der Waals surface area contributed by atoms with Gasteiger partial charge in [0.15, 0.2) is 12.1 Å². The van der Waals surface area contributed by atoms with Crippen molar-refractivity contribution >= 4 is 5.97 Å². The summed E-state index contributed by atoms with van der Waals surface area (Å²) in [5.41, 5.74) is -1.68. The normalized spacial score (nSPS) is 43.5. The van der Waals surface area contributed by atoms with Crippen LogP contribution in [0.15, 0.2) is 24.4 Å². The van der Waals surface area contributed by atoms with Crippen LogP contribution in [0.1, 0.15) is 93.2 Å². The zero-order valence-electron chi connectivity index (χ0n) is 33.7. The van der Waals surface area contributed by atoms with Crippen LogP contribution in [-0.4, -0.2) is 142 Å². The first-order valence-electron chi connectivity index (χ1n) is 19.9. The fraction of sp³-hybridized carbons (Fsp3) is 0.850. The summed E-state index contributed by atoms with van der Waals surface area (Å²) in [6, 6.07) is 5.26. The highest BCUT2D eigenvalue weighted by molar-refractivity contribution is 5.73. The van der Waals surface area contributed by atoms with Crippen molar-refractivity contribution in [2.75, 3.05) is 33.7 Å². The second-order valence-electron chi connectivity index (χ2n) is 17.3. The van der Waals surface area contributed by atoms with Gasteiger partial charge in [-0.05, 0) is 92.6 Å². The number of likely N-dealkylation sites (tertiary alicyclic amines) is 1. The van der Waals surface area contributed by atoms with Gasteiger partial charge in [0, 0.05) is 56.7 Å². The SMILES string of the molecule is CC[C@H]1OC(=O)[C@H](C)[C@H]2OC3(CCN(Cc4ccccn4)CC3)O[C@](C)(C[C@@H](C)CN[C@H](C)[C@@H](O)[C@]1(C)O)[C@H](O[C@@H]1O[C@H](C)C[C@H](N(C)C)[C@H]1O)[C@H]2C. The molecule has 14 atom stereocenters. The molecule has 1 spiro atoms. The van der Waals surface area contributed by atoms with Crippen molar-refractivity contribution in [3.05, 3.63) is 30.1 Å². The van der Waals surface area contributed by atoms with Crippen LogP contribution in [0.5, 0.6) is 0 Å². The molecule has 1 aromatic rings. The summed E-state index contributed by atoms with van der Waals surface area (Å²) in [5.74, 6) is -2.78. The Labute approximate surface area is 317 Å². The van der Waals surface area contributed by atoms with E-state index >= 15 is 0 Å². The highest BCUT2D eigenvalue weighted by Crippen LogP contribution is 2.47. The molecule has 4 saturated heterocycles. The summed E-state index contributed by atoms with van der Waals surface area (Å²) < 4.78 is 34.0. The quantitative estimate of drug-likeness (QED) is 0.316. The van der Waals surface area contributed by atoms with Crippen LogP contribution in [0.25, 0.3) is 0 Å². The highest BCUT2D eigenvalue weighted by atomic mass is 16.7. The Morgan fingerprint density at radius 1 is 1.09 bits per heavy atom. The molecule has 4 aliphatic heterocycles. The van der Waals surface area contributed by atoms with Gasteiger partial charge in [0.05, 0.1) is 35.5 Å². The number of cyclic esters (lactones) is 1. The van der Waals surface area contributed by atoms with Crippen molar-refractivity contribution in [1.82, 2.24) is 20.1 Å². The molecule has 0 aromatic carbocycles. The van der Waals surface area contributed by atoms with E-state index in [1.54, 1.807) is 6.92 Å². The average molecular weight is 749 g/mol. The van der Waals surface area contributed by atoms with Crippen molar-refractivity contribution < 1.29 is 43.8 Å². The minimum absolute atomic E-state index is 0.0174. The summed E-state index contributed by atoms with van der Waals surface area (Å²) in [7, 11) is 3.90. The standard InChI is InChI=1S/C40H68N4O9/c1-11-31-39(8,48)34(46)28(6)42-22-24(2)21-38(7)35(51-37-32(45)30(43(9)10)20-25(3)49-37)26(4)33(27(5)36(47)50-31)52-40(53-38)15-18-44(19-16-40)23-29-14-12-13-17-41-29/h12-14,17,24-28,30-35,37,42,45-46,48H,11,15-16,18-23H2,1-10H3/t24-,25-,26+,27-,28-,30+,31-,32-,33+,34-,35-,37+,38-,39-/m1/s1. The molecule has 0 saturated carbocycles. The number of nitrogens with one attached hydrogen (secondary N) is 1. The van der Waals surface area contributed by atoms with Gasteiger partial charge in [-0.3, -0.25) is 14.7 Å². The number of carbonyl (C=O) groups is 1. The monoisotopic (exact) mass is 748 g/mol. The summed E-state index contributed by atoms with van der Waals surface area (Å²) in [6.07, 6.45) is -1.16. The number of hydrogen-bond donors (Lipinski definition) is 4. The van der Waals surface area contributed by atoms with Gasteiger partial charge >= 0.3 is 5.97 Å². The molecule has 302 valence electrons. The van der Waals surface area contributed by atoms with Crippen LogP contribution < -0.4 is 5.32 Å². The lowest BCUT2D eigenvalue weighted by Gasteiger charge is -2.49. The van der Waals surface area contributed by atoms with E-state index in [1.165, 1.54) is 6.92 Å². The van der Waals surface area contributed by atoms with Crippen LogP contribution in [0.2, 0.25) is 0 Å². The molecule has 0 unspecified atom stereocenters. The van der Waals surface area contributed by atoms with E-state index in [-0.39, 0.29) is 18.1 Å². The van der Waals surface area contributed by atoms with Crippen molar-refractivity contribution in [1.29, 1.82) is 0 Å². The first-order chi connectivity index (χ1) is 24.9. The van der Waals surface area contributed by atoms with E-state index in [1.807, 2.05) is 71.1 Å². The predicted octanol–water partition coefficient (Wildman–Crippen LogP) is 3.08. The molecule has 13 heteroatoms. The number of piperidine rings is 1. The van der Waals surface area contributed by atoms with E-state index in [0.29, 0.717) is 58.3 Å². The van der Waals surface area contributed by atoms with Crippen LogP contribution in [0, 0.1) is 17.8 Å². The number of nitrogens with zero attached hydrogens (tertiary/aromatic N) is 3. The largest absolute Gasteiger partial charge is 0.459 e. The maximum absolute atomic E-state index is 14.2. The molecule has 4 N–H and O–H groups in total. The molecule has 0 amide bonds. The molecule has 5 rings (SSSR count). The number of fused-ring (bicyclic) bond motifs is 3. The van der Waals surface area contributed by atoms with Crippen LogP contribution in [0.4, 0.5) is 0 Å². The first-order valence-corrected chi connectivity index (χ1v) is 19.9. The number of likely N-dealkylation sites (N-methyl/N-ethyl adjacent to an activating group) is 1. The third kappa shape index (κ3) is 9.44. The molecule has 0 aliphatic carbocycles. The number of rotatable bonds is 6. The minimum atomic E-state index is -1.71. The van der Waals surface area contributed by atoms with Crippen molar-refractivity contribution in [2.45, 2.75) is 166 Å². The lowest BCUT2D eigenvalue weighted by Crippen LogP contribution is -2.60. The van der Waals surface area contributed by atoms with Gasteiger partial charge in [0.25, 0.3) is 0 Å². The van der Waals surface area contributed by atoms with Crippen LogP contribution in [0.3, 0.4) is 0 Å². The molecule has 2 bridgehead atoms. The number of aliphatic hydroxyl groups is 3. The lowest BCUT2D eigenvalue weighted by atomic mass is 9.78. The predicted molar refractivity (Wildman–Crippen MR) is 200 cm³/mol. The number of pyridine rings is 1. The highest BCUT2D eigenvalue weighted by Gasteiger charge is 2.58. The second kappa shape index (κ2) is 17.2. The molecular formula is C40H68N4O9. The number of hydrogen-bond acceptors (Lipinski definition) is 13. The van der Waals surface area contributed by atoms with Crippen molar-refractivity contribution in [3.63, 3.8) is 0 Å². The van der Waals surface area contributed by atoms with E-state index in [4.69, 9.17) is 23.7 Å². The van der Waals surface area contributed by atoms with Gasteiger partial charge in [-0.25, -0.2) is 0 Å². The van der Waals surface area contributed by atoms with Crippen LogP contribution >= 0.6 is 0 Å². The van der Waals surface area contributed by atoms with Crippen LogP contribution in [-0.2, 0) is 35.0 Å². The van der Waals surface area contributed by atoms with Gasteiger partial charge < -0.3 is 49.2 Å². The molecular weight excluding hydrogens is 680 g/mol. The molecule has 4 fully saturated rings. The zero-order valence-corrected chi connectivity index (χ0v) is 33.7. The van der Waals surface area contributed by atoms with E-state index < -0.39 is 77.6 Å². The first kappa shape index (κ1) is 42.4. The molecule has 1 aromatic heterocycles. The topological polar surface area (TPSA) is 155 Å². The maximum Gasteiger partial charge on any atom is 0.311 e.